The number of aliphatic carboxylic acids is 1. The maximum Gasteiger partial charge on any atom is 0.335 e. The number of carboxylic acids is 1. The first kappa shape index (κ1) is 25.9. The third kappa shape index (κ3) is 6.82. The minimum atomic E-state index is -1.74. The van der Waals surface area contributed by atoms with Gasteiger partial charge < -0.3 is 40.6 Å². The molecule has 0 aliphatic carbocycles. The predicted octanol–water partition coefficient (Wildman–Crippen LogP) is -1.39. The molecule has 1 aliphatic heterocycles. The number of nitrogens with two attached hydrogens (primary N) is 1. The van der Waals surface area contributed by atoms with Crippen LogP contribution in [-0.4, -0.2) is 92.8 Å². The van der Waals surface area contributed by atoms with Crippen LogP contribution in [-0.2, 0) is 21.8 Å². The van der Waals surface area contributed by atoms with Crippen LogP contribution in [0, 0.1) is 10.1 Å². The van der Waals surface area contributed by atoms with Gasteiger partial charge in [-0.2, -0.15) is 11.8 Å². The summed E-state index contributed by atoms with van der Waals surface area (Å²) in [5, 5.41) is 52.5. The average Bonchev–Trinajstić information content (AvgIpc) is 3.11. The number of ether oxygens (including phenoxy) is 1. The van der Waals surface area contributed by atoms with Crippen LogP contribution < -0.4 is 11.1 Å². The number of carbonyl (C=O) groups is 1. The number of hydrogen-bond donors (Lipinski definition) is 6. The van der Waals surface area contributed by atoms with E-state index in [-0.39, 0.29) is 16.8 Å². The summed E-state index contributed by atoms with van der Waals surface area (Å²) in [6.45, 7) is 0.666. The Morgan fingerprint density at radius 3 is 2.56 bits per heavy atom. The van der Waals surface area contributed by atoms with Crippen molar-refractivity contribution in [2.45, 2.75) is 42.9 Å². The third-order valence-electron chi connectivity index (χ3n) is 4.87. The molecule has 0 amide bonds. The lowest BCUT2D eigenvalue weighted by Crippen LogP contribution is -2.67. The highest BCUT2D eigenvalue weighted by Crippen LogP contribution is 2.29. The fourth-order valence-electron chi connectivity index (χ4n) is 3.32. The lowest BCUT2D eigenvalue weighted by Gasteiger charge is -2.45. The number of rotatable bonds is 11. The number of quaternary nitrogens is 1. The van der Waals surface area contributed by atoms with Crippen molar-refractivity contribution in [1.29, 1.82) is 0 Å². The normalized spacial score (nSPS) is 26.7. The van der Waals surface area contributed by atoms with E-state index in [9.17, 15) is 35.3 Å². The fraction of sp³-hybridized carbons (Fsp3) is 0.611. The number of carboxylic acid groups (broad SMARTS) is 1. The summed E-state index contributed by atoms with van der Waals surface area (Å²) in [5.41, 5.74) is 5.43. The SMILES string of the molecule is C[N+](C)(Cc1ccc(CSCCNC(N)=C[N+](=O)[O-])o1)C1OC(C(=O)O)C(O)C(O)C1O. The van der Waals surface area contributed by atoms with Crippen LogP contribution in [0.5, 0.6) is 0 Å². The Labute approximate surface area is 188 Å². The van der Waals surface area contributed by atoms with Crippen molar-refractivity contribution in [2.75, 3.05) is 26.4 Å². The van der Waals surface area contributed by atoms with Crippen LogP contribution in [0.2, 0.25) is 0 Å². The number of furan rings is 1. The zero-order chi connectivity index (χ0) is 24.1. The molecule has 14 heteroatoms. The molecule has 180 valence electrons. The minimum absolute atomic E-state index is 0.0224. The molecular weight excluding hydrogens is 448 g/mol. The number of nitrogens with one attached hydrogen (secondary N) is 1. The first-order chi connectivity index (χ1) is 14.9. The highest BCUT2D eigenvalue weighted by molar-refractivity contribution is 7.98. The van der Waals surface area contributed by atoms with Crippen molar-refractivity contribution in [1.82, 2.24) is 5.32 Å². The third-order valence-corrected chi connectivity index (χ3v) is 5.85. The summed E-state index contributed by atoms with van der Waals surface area (Å²) in [6, 6.07) is 3.54. The Kier molecular flexibility index (Phi) is 8.89. The number of hydrogen-bond acceptors (Lipinski definition) is 11. The van der Waals surface area contributed by atoms with Gasteiger partial charge in [-0.3, -0.25) is 14.6 Å². The van der Waals surface area contributed by atoms with Gasteiger partial charge >= 0.3 is 5.97 Å². The second-order valence-electron chi connectivity index (χ2n) is 7.91. The van der Waals surface area contributed by atoms with E-state index >= 15 is 0 Å². The van der Waals surface area contributed by atoms with Gasteiger partial charge in [-0.15, -0.1) is 0 Å². The van der Waals surface area contributed by atoms with Crippen molar-refractivity contribution in [2.24, 2.45) is 5.73 Å². The first-order valence-corrected chi connectivity index (χ1v) is 10.8. The second-order valence-corrected chi connectivity index (χ2v) is 9.02. The molecule has 2 rings (SSSR count). The van der Waals surface area contributed by atoms with Crippen molar-refractivity contribution >= 4 is 17.7 Å². The number of nitro groups is 1. The van der Waals surface area contributed by atoms with E-state index < -0.39 is 41.5 Å². The molecule has 7 N–H and O–H groups in total. The van der Waals surface area contributed by atoms with Crippen molar-refractivity contribution < 1.29 is 43.8 Å². The van der Waals surface area contributed by atoms with E-state index in [1.54, 1.807) is 26.2 Å². The van der Waals surface area contributed by atoms with Crippen LogP contribution in [0.4, 0.5) is 0 Å². The van der Waals surface area contributed by atoms with Crippen LogP contribution in [0.15, 0.2) is 28.6 Å². The van der Waals surface area contributed by atoms with Crippen molar-refractivity contribution in [3.05, 3.63) is 45.8 Å². The lowest BCUT2D eigenvalue weighted by molar-refractivity contribution is -0.957. The van der Waals surface area contributed by atoms with Gasteiger partial charge in [0.25, 0.3) is 6.20 Å². The van der Waals surface area contributed by atoms with Crippen LogP contribution in [0.3, 0.4) is 0 Å². The number of nitrogens with zero attached hydrogens (tertiary/aromatic N) is 2. The Morgan fingerprint density at radius 2 is 1.94 bits per heavy atom. The molecule has 2 heterocycles. The molecule has 13 nitrogen and oxygen atoms in total. The zero-order valence-corrected chi connectivity index (χ0v) is 18.5. The summed E-state index contributed by atoms with van der Waals surface area (Å²) < 4.78 is 11.2. The summed E-state index contributed by atoms with van der Waals surface area (Å²) in [5.74, 6) is 0.959. The molecule has 1 aromatic heterocycles. The van der Waals surface area contributed by atoms with E-state index in [0.29, 0.717) is 35.8 Å². The Bertz CT molecular complexity index is 831. The summed E-state index contributed by atoms with van der Waals surface area (Å²) in [4.78, 5) is 21.0. The largest absolute Gasteiger partial charge is 0.479 e. The fourth-order valence-corrected chi connectivity index (χ4v) is 4.07. The minimum Gasteiger partial charge on any atom is -0.479 e. The molecule has 0 radical (unpaired) electrons. The van der Waals surface area contributed by atoms with Gasteiger partial charge in [0, 0.05) is 12.3 Å². The molecule has 0 saturated carbocycles. The maximum atomic E-state index is 11.3. The molecule has 32 heavy (non-hydrogen) atoms. The molecule has 1 aromatic rings. The molecule has 0 aromatic carbocycles. The Hall–Kier alpha value is -2.36. The maximum absolute atomic E-state index is 11.3. The summed E-state index contributed by atoms with van der Waals surface area (Å²) >= 11 is 1.53. The quantitative estimate of drug-likeness (QED) is 0.0944. The first-order valence-electron chi connectivity index (χ1n) is 9.67. The number of aliphatic hydroxyl groups excluding tert-OH is 3. The van der Waals surface area contributed by atoms with E-state index in [1.807, 2.05) is 0 Å². The van der Waals surface area contributed by atoms with Gasteiger partial charge in [-0.25, -0.2) is 4.79 Å². The topological polar surface area (TPSA) is 202 Å². The molecule has 1 aliphatic rings. The molecule has 5 atom stereocenters. The van der Waals surface area contributed by atoms with E-state index in [2.05, 4.69) is 5.32 Å². The van der Waals surface area contributed by atoms with Gasteiger partial charge in [-0.05, 0) is 12.1 Å². The number of thioether (sulfide) groups is 1. The smallest absolute Gasteiger partial charge is 0.335 e. The zero-order valence-electron chi connectivity index (χ0n) is 17.7. The molecule has 0 spiro atoms. The van der Waals surface area contributed by atoms with Gasteiger partial charge in [0.2, 0.25) is 6.23 Å². The van der Waals surface area contributed by atoms with Gasteiger partial charge in [0.15, 0.2) is 23.8 Å². The van der Waals surface area contributed by atoms with Crippen molar-refractivity contribution in [3.8, 4) is 0 Å². The molecule has 1 saturated heterocycles. The van der Waals surface area contributed by atoms with Gasteiger partial charge in [-0.1, -0.05) is 0 Å². The molecule has 5 unspecified atom stereocenters. The van der Waals surface area contributed by atoms with Gasteiger partial charge in [0.05, 0.1) is 24.8 Å². The highest BCUT2D eigenvalue weighted by atomic mass is 32.2. The molecule has 1 fully saturated rings. The summed E-state index contributed by atoms with van der Waals surface area (Å²) in [7, 11) is 3.37. The highest BCUT2D eigenvalue weighted by Gasteiger charge is 2.53. The Balaban J connectivity index is 1.90. The summed E-state index contributed by atoms with van der Waals surface area (Å²) in [6.07, 6.45) is -6.99. The van der Waals surface area contributed by atoms with E-state index in [4.69, 9.17) is 14.9 Å². The van der Waals surface area contributed by atoms with Gasteiger partial charge in [0.1, 0.15) is 24.5 Å². The Morgan fingerprint density at radius 1 is 1.28 bits per heavy atom. The number of likely N-dealkylation sites (N-methyl/N-ethyl adjacent to an activating group) is 1. The second kappa shape index (κ2) is 11.0. The monoisotopic (exact) mass is 477 g/mol. The average molecular weight is 478 g/mol. The molecular formula is C18H29N4O9S+. The lowest BCUT2D eigenvalue weighted by atomic mass is 9.96. The molecule has 0 bridgehead atoms. The van der Waals surface area contributed by atoms with Crippen LogP contribution in [0.1, 0.15) is 11.5 Å². The van der Waals surface area contributed by atoms with E-state index in [1.165, 1.54) is 11.8 Å². The van der Waals surface area contributed by atoms with Crippen molar-refractivity contribution in [3.63, 3.8) is 0 Å². The van der Waals surface area contributed by atoms with Crippen LogP contribution in [0.25, 0.3) is 0 Å². The number of aliphatic hydroxyl groups is 3. The predicted molar refractivity (Wildman–Crippen MR) is 112 cm³/mol. The standard InChI is InChI=1S/C18H28N4O9S/c1-22(2,17-15(25)13(23)14(24)16(31-17)18(26)27)8-10-3-4-11(30-10)9-32-6-5-20-12(19)7-21(28)29/h3-4,7,13-17,20,23-25H,5-6,8-9,19H2,1-2H3/p+1. The van der Waals surface area contributed by atoms with E-state index in [0.717, 1.165) is 0 Å². The van der Waals surface area contributed by atoms with Crippen LogP contribution >= 0.6 is 11.8 Å².